The molecule has 1 atom stereocenters. The Morgan fingerprint density at radius 1 is 1.11 bits per heavy atom. The van der Waals surface area contributed by atoms with E-state index in [1.165, 1.54) is 11.0 Å². The fourth-order valence-electron chi connectivity index (χ4n) is 4.03. The Morgan fingerprint density at radius 2 is 1.79 bits per heavy atom. The van der Waals surface area contributed by atoms with Gasteiger partial charge in [-0.3, -0.25) is 4.90 Å². The molecule has 28 heavy (non-hydrogen) atoms. The molecule has 8 heteroatoms. The predicted octanol–water partition coefficient (Wildman–Crippen LogP) is 3.46. The fraction of sp³-hybridized carbons (Fsp3) is 0.700. The average molecular weight is 403 g/mol. The second-order valence-corrected chi connectivity index (χ2v) is 8.06. The van der Waals surface area contributed by atoms with Crippen LogP contribution in [0.1, 0.15) is 30.9 Å². The molecule has 2 fully saturated rings. The van der Waals surface area contributed by atoms with Gasteiger partial charge in [-0.25, -0.2) is 4.39 Å². The standard InChI is InChI=1S/C20H29F4N3O/c1-14(2)19-15(12-26-6-4-25(3)5-7-26)10-16(11-17(19)21)27-8-9-28-13-18(27)20(22,23)24/h10-11,14,18H,4-9,12-13H2,1-3H3/t18-/m1/s1. The zero-order valence-electron chi connectivity index (χ0n) is 16.7. The number of nitrogens with zero attached hydrogens (tertiary/aromatic N) is 3. The van der Waals surface area contributed by atoms with Gasteiger partial charge in [-0.05, 0) is 36.2 Å². The largest absolute Gasteiger partial charge is 0.411 e. The molecule has 0 amide bonds. The van der Waals surface area contributed by atoms with Gasteiger partial charge in [0.2, 0.25) is 0 Å². The minimum absolute atomic E-state index is 0.0420. The van der Waals surface area contributed by atoms with Crippen LogP contribution in [0.15, 0.2) is 12.1 Å². The molecule has 0 N–H and O–H groups in total. The highest BCUT2D eigenvalue weighted by molar-refractivity contribution is 5.54. The van der Waals surface area contributed by atoms with Crippen molar-refractivity contribution in [3.63, 3.8) is 0 Å². The summed E-state index contributed by atoms with van der Waals surface area (Å²) < 4.78 is 60.4. The van der Waals surface area contributed by atoms with E-state index in [2.05, 4.69) is 16.8 Å². The highest BCUT2D eigenvalue weighted by Gasteiger charge is 2.45. The SMILES string of the molecule is CC(C)c1c(F)cc(N2CCOC[C@@H]2C(F)(F)F)cc1CN1CCN(C)CC1. The molecule has 158 valence electrons. The zero-order chi connectivity index (χ0) is 20.5. The van der Waals surface area contributed by atoms with E-state index in [0.717, 1.165) is 31.7 Å². The quantitative estimate of drug-likeness (QED) is 0.717. The van der Waals surface area contributed by atoms with Crippen LogP contribution in [-0.2, 0) is 11.3 Å². The van der Waals surface area contributed by atoms with E-state index < -0.39 is 24.6 Å². The van der Waals surface area contributed by atoms with Gasteiger partial charge >= 0.3 is 6.18 Å². The topological polar surface area (TPSA) is 19.0 Å². The van der Waals surface area contributed by atoms with Gasteiger partial charge < -0.3 is 14.5 Å². The molecule has 1 aromatic rings. The third-order valence-electron chi connectivity index (χ3n) is 5.61. The number of piperazine rings is 1. The Kier molecular flexibility index (Phi) is 6.51. The van der Waals surface area contributed by atoms with Crippen LogP contribution in [0, 0.1) is 5.82 Å². The van der Waals surface area contributed by atoms with Crippen molar-refractivity contribution in [1.82, 2.24) is 9.80 Å². The fourth-order valence-corrected chi connectivity index (χ4v) is 4.03. The first-order valence-electron chi connectivity index (χ1n) is 9.81. The molecule has 0 saturated carbocycles. The van der Waals surface area contributed by atoms with Crippen LogP contribution < -0.4 is 4.90 Å². The molecule has 0 aromatic heterocycles. The molecule has 2 saturated heterocycles. The maximum absolute atomic E-state index is 15.0. The summed E-state index contributed by atoms with van der Waals surface area (Å²) in [6, 6.07) is 1.26. The second-order valence-electron chi connectivity index (χ2n) is 8.06. The number of halogens is 4. The van der Waals surface area contributed by atoms with Crippen molar-refractivity contribution >= 4 is 5.69 Å². The summed E-state index contributed by atoms with van der Waals surface area (Å²) in [5, 5.41) is 0. The molecule has 0 bridgehead atoms. The number of ether oxygens (including phenoxy) is 1. The van der Waals surface area contributed by atoms with Crippen molar-refractivity contribution in [3.8, 4) is 0 Å². The van der Waals surface area contributed by atoms with Gasteiger partial charge in [0.05, 0.1) is 13.2 Å². The van der Waals surface area contributed by atoms with Crippen molar-refractivity contribution < 1.29 is 22.3 Å². The van der Waals surface area contributed by atoms with Gasteiger partial charge in [0, 0.05) is 45.0 Å². The van der Waals surface area contributed by atoms with E-state index in [9.17, 15) is 17.6 Å². The molecule has 0 spiro atoms. The van der Waals surface area contributed by atoms with Gasteiger partial charge in [-0.2, -0.15) is 13.2 Å². The van der Waals surface area contributed by atoms with Crippen molar-refractivity contribution in [1.29, 1.82) is 0 Å². The van der Waals surface area contributed by atoms with Crippen molar-refractivity contribution in [3.05, 3.63) is 29.1 Å². The Morgan fingerprint density at radius 3 is 2.39 bits per heavy atom. The zero-order valence-corrected chi connectivity index (χ0v) is 16.7. The lowest BCUT2D eigenvalue weighted by atomic mass is 9.94. The van der Waals surface area contributed by atoms with E-state index >= 15 is 0 Å². The Bertz CT molecular complexity index is 672. The number of alkyl halides is 3. The van der Waals surface area contributed by atoms with Crippen molar-refractivity contribution in [2.24, 2.45) is 0 Å². The van der Waals surface area contributed by atoms with Crippen LogP contribution in [0.2, 0.25) is 0 Å². The maximum atomic E-state index is 15.0. The molecule has 0 aliphatic carbocycles. The highest BCUT2D eigenvalue weighted by Crippen LogP contribution is 2.35. The van der Waals surface area contributed by atoms with Crippen LogP contribution in [0.5, 0.6) is 0 Å². The minimum Gasteiger partial charge on any atom is -0.377 e. The average Bonchev–Trinajstić information content (AvgIpc) is 2.62. The van der Waals surface area contributed by atoms with Crippen molar-refractivity contribution in [2.75, 3.05) is 57.9 Å². The number of rotatable bonds is 4. The molecule has 1 aromatic carbocycles. The molecular formula is C20H29F4N3O. The Balaban J connectivity index is 1.93. The number of hydrogen-bond acceptors (Lipinski definition) is 4. The van der Waals surface area contributed by atoms with Gasteiger partial charge in [-0.1, -0.05) is 13.8 Å². The lowest BCUT2D eigenvalue weighted by Gasteiger charge is -2.39. The predicted molar refractivity (Wildman–Crippen MR) is 101 cm³/mol. The van der Waals surface area contributed by atoms with E-state index in [1.807, 2.05) is 13.8 Å². The van der Waals surface area contributed by atoms with Crippen LogP contribution in [0.4, 0.5) is 23.2 Å². The van der Waals surface area contributed by atoms with Crippen molar-refractivity contribution in [2.45, 2.75) is 38.5 Å². The van der Waals surface area contributed by atoms with E-state index in [-0.39, 0.29) is 24.8 Å². The van der Waals surface area contributed by atoms with E-state index in [1.54, 1.807) is 6.07 Å². The molecule has 2 heterocycles. The molecule has 3 rings (SSSR count). The first kappa shape index (κ1) is 21.3. The molecular weight excluding hydrogens is 374 g/mol. The smallest absolute Gasteiger partial charge is 0.377 e. The monoisotopic (exact) mass is 403 g/mol. The lowest BCUT2D eigenvalue weighted by molar-refractivity contribution is -0.167. The summed E-state index contributed by atoms with van der Waals surface area (Å²) >= 11 is 0. The summed E-state index contributed by atoms with van der Waals surface area (Å²) in [5.74, 6) is -0.469. The molecule has 2 aliphatic heterocycles. The Labute approximate surface area is 164 Å². The van der Waals surface area contributed by atoms with Gasteiger partial charge in [0.25, 0.3) is 0 Å². The van der Waals surface area contributed by atoms with E-state index in [0.29, 0.717) is 12.1 Å². The number of morpholine rings is 1. The second kappa shape index (κ2) is 8.55. The normalized spacial score (nSPS) is 22.9. The summed E-state index contributed by atoms with van der Waals surface area (Å²) in [5.41, 5.74) is 1.66. The maximum Gasteiger partial charge on any atom is 0.411 e. The van der Waals surface area contributed by atoms with Crippen LogP contribution >= 0.6 is 0 Å². The lowest BCUT2D eigenvalue weighted by Crippen LogP contribution is -2.53. The number of likely N-dealkylation sites (N-methyl/N-ethyl adjacent to an activating group) is 1. The van der Waals surface area contributed by atoms with Gasteiger partial charge in [0.15, 0.2) is 0 Å². The third kappa shape index (κ3) is 4.78. The molecule has 0 unspecified atom stereocenters. The summed E-state index contributed by atoms with van der Waals surface area (Å²) in [7, 11) is 2.06. The summed E-state index contributed by atoms with van der Waals surface area (Å²) in [4.78, 5) is 5.72. The summed E-state index contributed by atoms with van der Waals surface area (Å²) in [6.45, 7) is 7.84. The van der Waals surface area contributed by atoms with Gasteiger partial charge in [0.1, 0.15) is 11.9 Å². The molecule has 4 nitrogen and oxygen atoms in total. The van der Waals surface area contributed by atoms with E-state index in [4.69, 9.17) is 4.74 Å². The summed E-state index contributed by atoms with van der Waals surface area (Å²) in [6.07, 6.45) is -4.43. The third-order valence-corrected chi connectivity index (χ3v) is 5.61. The van der Waals surface area contributed by atoms with Crippen LogP contribution in [0.3, 0.4) is 0 Å². The number of anilines is 1. The first-order chi connectivity index (χ1) is 13.2. The number of hydrogen-bond donors (Lipinski definition) is 0. The van der Waals surface area contributed by atoms with Gasteiger partial charge in [-0.15, -0.1) is 0 Å². The van der Waals surface area contributed by atoms with Crippen LogP contribution in [0.25, 0.3) is 0 Å². The first-order valence-corrected chi connectivity index (χ1v) is 9.81. The highest BCUT2D eigenvalue weighted by atomic mass is 19.4. The van der Waals surface area contributed by atoms with Crippen LogP contribution in [-0.4, -0.2) is 75.0 Å². The molecule has 0 radical (unpaired) electrons. The Hall–Kier alpha value is -1.38. The molecule has 2 aliphatic rings. The minimum atomic E-state index is -4.43. The number of benzene rings is 1.